The van der Waals surface area contributed by atoms with Crippen molar-refractivity contribution in [2.45, 2.75) is 37.8 Å². The number of ether oxygens (including phenoxy) is 1. The molecule has 0 spiro atoms. The van der Waals surface area contributed by atoms with E-state index in [1.54, 1.807) is 0 Å². The molecule has 86 valence electrons. The molecule has 2 bridgehead atoms. The zero-order valence-corrected chi connectivity index (χ0v) is 9.45. The Balaban J connectivity index is 1.54. The third-order valence-electron chi connectivity index (χ3n) is 4.33. The van der Waals surface area contributed by atoms with Crippen molar-refractivity contribution in [3.8, 4) is 0 Å². The van der Waals surface area contributed by atoms with E-state index in [4.69, 9.17) is 4.74 Å². The van der Waals surface area contributed by atoms with Gasteiger partial charge in [0.1, 0.15) is 0 Å². The molecule has 0 aliphatic carbocycles. The summed E-state index contributed by atoms with van der Waals surface area (Å²) in [4.78, 5) is 2.62. The first-order valence-corrected chi connectivity index (χ1v) is 6.48. The van der Waals surface area contributed by atoms with Crippen LogP contribution in [-0.4, -0.2) is 49.8 Å². The van der Waals surface area contributed by atoms with Crippen molar-refractivity contribution in [3.05, 3.63) is 0 Å². The molecule has 4 saturated heterocycles. The minimum absolute atomic E-state index is 0.726. The van der Waals surface area contributed by atoms with Gasteiger partial charge in [-0.15, -0.1) is 0 Å². The van der Waals surface area contributed by atoms with E-state index in [9.17, 15) is 0 Å². The smallest absolute Gasteiger partial charge is 0.0480 e. The zero-order chi connectivity index (χ0) is 10.1. The number of hydrogen-bond acceptors (Lipinski definition) is 3. The van der Waals surface area contributed by atoms with Gasteiger partial charge >= 0.3 is 0 Å². The van der Waals surface area contributed by atoms with Crippen molar-refractivity contribution < 1.29 is 4.74 Å². The molecule has 15 heavy (non-hydrogen) atoms. The number of fused-ring (bicyclic) bond motifs is 3. The quantitative estimate of drug-likeness (QED) is 0.731. The lowest BCUT2D eigenvalue weighted by Crippen LogP contribution is -2.58. The van der Waals surface area contributed by atoms with Gasteiger partial charge in [0.25, 0.3) is 0 Å². The minimum Gasteiger partial charge on any atom is -0.381 e. The second-order valence-corrected chi connectivity index (χ2v) is 5.30. The molecule has 0 saturated carbocycles. The summed E-state index contributed by atoms with van der Waals surface area (Å²) in [7, 11) is 0. The zero-order valence-electron chi connectivity index (χ0n) is 9.45. The van der Waals surface area contributed by atoms with Gasteiger partial charge in [-0.1, -0.05) is 0 Å². The predicted molar refractivity (Wildman–Crippen MR) is 59.9 cm³/mol. The highest BCUT2D eigenvalue weighted by Crippen LogP contribution is 2.28. The maximum absolute atomic E-state index is 5.40. The minimum atomic E-state index is 0.726. The summed E-state index contributed by atoms with van der Waals surface area (Å²) in [5, 5.41) is 3.87. The van der Waals surface area contributed by atoms with E-state index in [0.29, 0.717) is 0 Å². The maximum Gasteiger partial charge on any atom is 0.0480 e. The molecular weight excluding hydrogens is 188 g/mol. The van der Waals surface area contributed by atoms with E-state index < -0.39 is 0 Å². The van der Waals surface area contributed by atoms with E-state index >= 15 is 0 Å². The van der Waals surface area contributed by atoms with Crippen molar-refractivity contribution in [1.29, 1.82) is 0 Å². The monoisotopic (exact) mass is 210 g/mol. The van der Waals surface area contributed by atoms with Gasteiger partial charge in [0.05, 0.1) is 0 Å². The Labute approximate surface area is 92.2 Å². The average Bonchev–Trinajstić information content (AvgIpc) is 2.32. The van der Waals surface area contributed by atoms with Gasteiger partial charge in [-0.05, 0) is 44.7 Å². The molecule has 0 aromatic rings. The fourth-order valence-electron chi connectivity index (χ4n) is 3.32. The highest BCUT2D eigenvalue weighted by atomic mass is 16.5. The predicted octanol–water partition coefficient (Wildman–Crippen LogP) is 0.849. The van der Waals surface area contributed by atoms with Crippen LogP contribution < -0.4 is 5.32 Å². The van der Waals surface area contributed by atoms with Crippen molar-refractivity contribution in [1.82, 2.24) is 10.2 Å². The molecule has 4 fully saturated rings. The van der Waals surface area contributed by atoms with Crippen LogP contribution in [0, 0.1) is 5.92 Å². The van der Waals surface area contributed by atoms with Crippen LogP contribution >= 0.6 is 0 Å². The van der Waals surface area contributed by atoms with Crippen LogP contribution in [0.5, 0.6) is 0 Å². The van der Waals surface area contributed by atoms with E-state index in [2.05, 4.69) is 10.2 Å². The van der Waals surface area contributed by atoms with Crippen LogP contribution in [0.3, 0.4) is 0 Å². The second-order valence-electron chi connectivity index (χ2n) is 5.30. The first-order valence-electron chi connectivity index (χ1n) is 6.48. The maximum atomic E-state index is 5.40. The summed E-state index contributed by atoms with van der Waals surface area (Å²) >= 11 is 0. The summed E-state index contributed by atoms with van der Waals surface area (Å²) < 4.78 is 5.40. The molecule has 1 N–H and O–H groups in total. The van der Waals surface area contributed by atoms with Crippen molar-refractivity contribution in [2.75, 3.05) is 32.8 Å². The molecule has 0 radical (unpaired) electrons. The molecule has 4 rings (SSSR count). The Kier molecular flexibility index (Phi) is 2.95. The van der Waals surface area contributed by atoms with Crippen LogP contribution in [0.15, 0.2) is 0 Å². The average molecular weight is 210 g/mol. The molecular formula is C12H22N2O. The molecule has 0 aromatic carbocycles. The lowest BCUT2D eigenvalue weighted by Gasteiger charge is -2.46. The number of rotatable bonds is 2. The highest BCUT2D eigenvalue weighted by molar-refractivity contribution is 4.92. The Hall–Kier alpha value is -0.120. The second kappa shape index (κ2) is 4.40. The van der Waals surface area contributed by atoms with Gasteiger partial charge in [0.2, 0.25) is 0 Å². The Morgan fingerprint density at radius 2 is 1.73 bits per heavy atom. The normalized spacial score (nSPS) is 42.0. The molecule has 4 heterocycles. The summed E-state index contributed by atoms with van der Waals surface area (Å²) in [5.41, 5.74) is 0. The van der Waals surface area contributed by atoms with Gasteiger partial charge in [-0.2, -0.15) is 0 Å². The lowest BCUT2D eigenvalue weighted by atomic mass is 9.83. The summed E-state index contributed by atoms with van der Waals surface area (Å²) in [5.74, 6) is 0.956. The molecule has 0 aromatic heterocycles. The summed E-state index contributed by atoms with van der Waals surface area (Å²) in [6.07, 6.45) is 5.26. The Morgan fingerprint density at radius 1 is 1.00 bits per heavy atom. The highest BCUT2D eigenvalue weighted by Gasteiger charge is 2.35. The van der Waals surface area contributed by atoms with E-state index in [1.807, 2.05) is 0 Å². The number of hydrogen-bond donors (Lipinski definition) is 1. The van der Waals surface area contributed by atoms with Crippen LogP contribution in [-0.2, 0) is 4.74 Å². The van der Waals surface area contributed by atoms with Crippen LogP contribution in [0.4, 0.5) is 0 Å². The van der Waals surface area contributed by atoms with Gasteiger partial charge in [0, 0.05) is 31.8 Å². The van der Waals surface area contributed by atoms with Crippen molar-refractivity contribution >= 4 is 0 Å². The van der Waals surface area contributed by atoms with Crippen molar-refractivity contribution in [3.63, 3.8) is 0 Å². The Bertz CT molecular complexity index is 208. The number of nitrogens with one attached hydrogen (secondary N) is 1. The van der Waals surface area contributed by atoms with Crippen LogP contribution in [0.25, 0.3) is 0 Å². The van der Waals surface area contributed by atoms with Crippen LogP contribution in [0.1, 0.15) is 25.7 Å². The van der Waals surface area contributed by atoms with Crippen molar-refractivity contribution in [2.24, 2.45) is 5.92 Å². The SMILES string of the molecule is C1CC(NC2CN3CCC2CC3)CCO1. The first-order chi connectivity index (χ1) is 7.42. The first kappa shape index (κ1) is 10.1. The molecule has 4 aliphatic heterocycles. The topological polar surface area (TPSA) is 24.5 Å². The molecule has 4 aliphatic rings. The molecule has 0 amide bonds. The van der Waals surface area contributed by atoms with E-state index in [1.165, 1.54) is 45.3 Å². The lowest BCUT2D eigenvalue weighted by molar-refractivity contribution is 0.0401. The fraction of sp³-hybridized carbons (Fsp3) is 1.00. The fourth-order valence-corrected chi connectivity index (χ4v) is 3.32. The van der Waals surface area contributed by atoms with E-state index in [0.717, 1.165) is 31.2 Å². The summed E-state index contributed by atoms with van der Waals surface area (Å²) in [6, 6.07) is 1.50. The van der Waals surface area contributed by atoms with Gasteiger partial charge in [-0.25, -0.2) is 0 Å². The molecule has 1 atom stereocenters. The number of piperidine rings is 3. The largest absolute Gasteiger partial charge is 0.381 e. The van der Waals surface area contributed by atoms with E-state index in [-0.39, 0.29) is 0 Å². The summed E-state index contributed by atoms with van der Waals surface area (Å²) in [6.45, 7) is 5.90. The molecule has 1 unspecified atom stereocenters. The number of nitrogens with zero attached hydrogens (tertiary/aromatic N) is 1. The molecule has 3 heteroatoms. The third-order valence-corrected chi connectivity index (χ3v) is 4.33. The van der Waals surface area contributed by atoms with Crippen LogP contribution in [0.2, 0.25) is 0 Å². The third kappa shape index (κ3) is 2.19. The van der Waals surface area contributed by atoms with Gasteiger partial charge in [0.15, 0.2) is 0 Å². The van der Waals surface area contributed by atoms with Gasteiger partial charge in [-0.3, -0.25) is 0 Å². The standard InChI is InChI=1S/C12H22N2O/c1-5-14-6-2-10(1)12(9-14)13-11-3-7-15-8-4-11/h10-13H,1-9H2. The molecule has 3 nitrogen and oxygen atoms in total. The van der Waals surface area contributed by atoms with Gasteiger partial charge < -0.3 is 15.0 Å². The Morgan fingerprint density at radius 3 is 2.33 bits per heavy atom.